The van der Waals surface area contributed by atoms with Gasteiger partial charge in [0.15, 0.2) is 0 Å². The van der Waals surface area contributed by atoms with Crippen LogP contribution < -0.4 is 0 Å². The monoisotopic (exact) mass is 140 g/mol. The normalized spacial score (nSPS) is 13.0. The molecule has 0 saturated heterocycles. The number of hydrogen-bond acceptors (Lipinski definition) is 1. The minimum absolute atomic E-state index is 0.630. The molecular formula is C8H9FO. The van der Waals surface area contributed by atoms with Crippen molar-refractivity contribution in [2.24, 2.45) is 0 Å². The largest absolute Gasteiger partial charge is 0.386 e. The summed E-state index contributed by atoms with van der Waals surface area (Å²) in [6, 6.07) is 8.77. The molecule has 1 rings (SSSR count). The van der Waals surface area contributed by atoms with Crippen molar-refractivity contribution in [3.8, 4) is 0 Å². The number of benzene rings is 1. The van der Waals surface area contributed by atoms with Gasteiger partial charge >= 0.3 is 0 Å². The van der Waals surface area contributed by atoms with Gasteiger partial charge in [0.25, 0.3) is 0 Å². The SMILES string of the molecule is OC(CF)c1ccccc1. The molecule has 1 aromatic rings. The molecule has 0 bridgehead atoms. The fraction of sp³-hybridized carbons (Fsp3) is 0.250. The Morgan fingerprint density at radius 2 is 1.90 bits per heavy atom. The fourth-order valence-corrected chi connectivity index (χ4v) is 0.764. The van der Waals surface area contributed by atoms with E-state index in [1.54, 1.807) is 24.3 Å². The smallest absolute Gasteiger partial charge is 0.119 e. The summed E-state index contributed by atoms with van der Waals surface area (Å²) >= 11 is 0. The van der Waals surface area contributed by atoms with E-state index in [0.717, 1.165) is 0 Å². The van der Waals surface area contributed by atoms with Gasteiger partial charge in [-0.2, -0.15) is 0 Å². The number of rotatable bonds is 2. The number of hydrogen-bond donors (Lipinski definition) is 1. The molecule has 1 nitrogen and oxygen atoms in total. The standard InChI is InChI=1S/C8H9FO/c9-6-8(10)7-4-2-1-3-5-7/h1-5,8,10H,6H2. The van der Waals surface area contributed by atoms with Crippen LogP contribution in [0.1, 0.15) is 11.7 Å². The maximum atomic E-state index is 11.8. The minimum atomic E-state index is -0.957. The van der Waals surface area contributed by atoms with Gasteiger partial charge in [0.1, 0.15) is 12.8 Å². The van der Waals surface area contributed by atoms with E-state index in [1.165, 1.54) is 0 Å². The van der Waals surface area contributed by atoms with Crippen LogP contribution >= 0.6 is 0 Å². The molecule has 1 aromatic carbocycles. The van der Waals surface area contributed by atoms with E-state index in [4.69, 9.17) is 5.11 Å². The van der Waals surface area contributed by atoms with Crippen LogP contribution in [0.4, 0.5) is 4.39 Å². The zero-order valence-electron chi connectivity index (χ0n) is 5.50. The van der Waals surface area contributed by atoms with Gasteiger partial charge in [-0.1, -0.05) is 30.3 Å². The number of halogens is 1. The molecule has 1 atom stereocenters. The van der Waals surface area contributed by atoms with Crippen molar-refractivity contribution >= 4 is 0 Å². The number of aliphatic hydroxyl groups excluding tert-OH is 1. The maximum Gasteiger partial charge on any atom is 0.119 e. The van der Waals surface area contributed by atoms with Gasteiger partial charge in [0.2, 0.25) is 0 Å². The average molecular weight is 140 g/mol. The molecular weight excluding hydrogens is 131 g/mol. The fourth-order valence-electron chi connectivity index (χ4n) is 0.764. The molecule has 0 radical (unpaired) electrons. The summed E-state index contributed by atoms with van der Waals surface area (Å²) in [5.74, 6) is 0. The van der Waals surface area contributed by atoms with Crippen LogP contribution in [-0.4, -0.2) is 11.8 Å². The van der Waals surface area contributed by atoms with Crippen LogP contribution in [0.3, 0.4) is 0 Å². The second-order valence-corrected chi connectivity index (χ2v) is 2.08. The first-order chi connectivity index (χ1) is 4.84. The van der Waals surface area contributed by atoms with Gasteiger partial charge in [-0.3, -0.25) is 0 Å². The quantitative estimate of drug-likeness (QED) is 0.662. The summed E-state index contributed by atoms with van der Waals surface area (Å²) in [6.45, 7) is -0.718. The topological polar surface area (TPSA) is 20.2 Å². The maximum absolute atomic E-state index is 11.8. The highest BCUT2D eigenvalue weighted by atomic mass is 19.1. The molecule has 0 heterocycles. The van der Waals surface area contributed by atoms with Crippen molar-refractivity contribution in [1.82, 2.24) is 0 Å². The van der Waals surface area contributed by atoms with Gasteiger partial charge in [0, 0.05) is 0 Å². The van der Waals surface area contributed by atoms with Crippen molar-refractivity contribution in [2.45, 2.75) is 6.10 Å². The Morgan fingerprint density at radius 1 is 1.30 bits per heavy atom. The molecule has 2 heteroatoms. The predicted octanol–water partition coefficient (Wildman–Crippen LogP) is 1.69. The molecule has 0 spiro atoms. The average Bonchev–Trinajstić information content (AvgIpc) is 2.05. The lowest BCUT2D eigenvalue weighted by atomic mass is 10.1. The molecule has 10 heavy (non-hydrogen) atoms. The van der Waals surface area contributed by atoms with Gasteiger partial charge in [-0.15, -0.1) is 0 Å². The summed E-state index contributed by atoms with van der Waals surface area (Å²) in [4.78, 5) is 0. The lowest BCUT2D eigenvalue weighted by Gasteiger charge is -2.03. The Hall–Kier alpha value is -0.890. The molecule has 0 saturated carbocycles. The molecule has 54 valence electrons. The van der Waals surface area contributed by atoms with Crippen molar-refractivity contribution in [2.75, 3.05) is 6.67 Å². The van der Waals surface area contributed by atoms with Crippen LogP contribution in [0.15, 0.2) is 30.3 Å². The number of alkyl halides is 1. The third-order valence-electron chi connectivity index (χ3n) is 1.33. The molecule has 0 aromatic heterocycles. The molecule has 1 N–H and O–H groups in total. The van der Waals surface area contributed by atoms with Crippen molar-refractivity contribution in [3.63, 3.8) is 0 Å². The van der Waals surface area contributed by atoms with Gasteiger partial charge < -0.3 is 5.11 Å². The Morgan fingerprint density at radius 3 is 2.40 bits per heavy atom. The highest BCUT2D eigenvalue weighted by molar-refractivity contribution is 5.16. The first-order valence-corrected chi connectivity index (χ1v) is 3.13. The van der Waals surface area contributed by atoms with Crippen molar-refractivity contribution < 1.29 is 9.50 Å². The second kappa shape index (κ2) is 3.32. The Labute approximate surface area is 59.1 Å². The number of aliphatic hydroxyl groups is 1. The lowest BCUT2D eigenvalue weighted by molar-refractivity contribution is 0.142. The minimum Gasteiger partial charge on any atom is -0.386 e. The molecule has 0 aliphatic rings. The Bertz CT molecular complexity index is 186. The van der Waals surface area contributed by atoms with E-state index in [9.17, 15) is 4.39 Å². The molecule has 1 unspecified atom stereocenters. The zero-order valence-corrected chi connectivity index (χ0v) is 5.50. The van der Waals surface area contributed by atoms with E-state index in [-0.39, 0.29) is 0 Å². The van der Waals surface area contributed by atoms with E-state index in [0.29, 0.717) is 5.56 Å². The van der Waals surface area contributed by atoms with E-state index in [2.05, 4.69) is 0 Å². The van der Waals surface area contributed by atoms with Gasteiger partial charge in [0.05, 0.1) is 0 Å². The third kappa shape index (κ3) is 1.54. The molecule has 0 aliphatic carbocycles. The van der Waals surface area contributed by atoms with Crippen LogP contribution in [0.5, 0.6) is 0 Å². The highest BCUT2D eigenvalue weighted by Crippen LogP contribution is 2.11. The van der Waals surface area contributed by atoms with Crippen LogP contribution in [-0.2, 0) is 0 Å². The van der Waals surface area contributed by atoms with Crippen LogP contribution in [0, 0.1) is 0 Å². The third-order valence-corrected chi connectivity index (χ3v) is 1.33. The van der Waals surface area contributed by atoms with Gasteiger partial charge in [-0.25, -0.2) is 4.39 Å². The first kappa shape index (κ1) is 7.22. The van der Waals surface area contributed by atoms with E-state index in [1.807, 2.05) is 6.07 Å². The van der Waals surface area contributed by atoms with E-state index < -0.39 is 12.8 Å². The van der Waals surface area contributed by atoms with Crippen molar-refractivity contribution in [1.29, 1.82) is 0 Å². The van der Waals surface area contributed by atoms with Crippen LogP contribution in [0.25, 0.3) is 0 Å². The zero-order chi connectivity index (χ0) is 7.40. The summed E-state index contributed by atoms with van der Waals surface area (Å²) in [5.41, 5.74) is 0.630. The first-order valence-electron chi connectivity index (χ1n) is 3.13. The highest BCUT2D eigenvalue weighted by Gasteiger charge is 2.03. The summed E-state index contributed by atoms with van der Waals surface area (Å²) in [5, 5.41) is 8.95. The van der Waals surface area contributed by atoms with Gasteiger partial charge in [-0.05, 0) is 5.56 Å². The Balaban J connectivity index is 2.75. The van der Waals surface area contributed by atoms with Crippen molar-refractivity contribution in [3.05, 3.63) is 35.9 Å². The predicted molar refractivity (Wildman–Crippen MR) is 37.4 cm³/mol. The summed E-state index contributed by atoms with van der Waals surface area (Å²) in [6.07, 6.45) is -0.957. The lowest BCUT2D eigenvalue weighted by Crippen LogP contribution is -1.97. The van der Waals surface area contributed by atoms with E-state index >= 15 is 0 Å². The van der Waals surface area contributed by atoms with Crippen LogP contribution in [0.2, 0.25) is 0 Å². The molecule has 0 aliphatic heterocycles. The molecule has 0 fully saturated rings. The second-order valence-electron chi connectivity index (χ2n) is 2.08. The molecule has 0 amide bonds. The summed E-state index contributed by atoms with van der Waals surface area (Å²) in [7, 11) is 0. The Kier molecular flexibility index (Phi) is 2.40. The summed E-state index contributed by atoms with van der Waals surface area (Å²) < 4.78 is 11.8.